The van der Waals surface area contributed by atoms with Gasteiger partial charge in [0.05, 0.1) is 29.4 Å². The summed E-state index contributed by atoms with van der Waals surface area (Å²) in [5, 5.41) is 6.21. The summed E-state index contributed by atoms with van der Waals surface area (Å²) in [5.41, 5.74) is 1.47. The topological polar surface area (TPSA) is 97.0 Å². The lowest BCUT2D eigenvalue weighted by molar-refractivity contribution is -0.127. The van der Waals surface area contributed by atoms with Gasteiger partial charge in [0.1, 0.15) is 17.5 Å². The normalized spacial score (nSPS) is 14.5. The van der Waals surface area contributed by atoms with E-state index in [0.29, 0.717) is 34.4 Å². The number of halogens is 2. The molecule has 1 heterocycles. The van der Waals surface area contributed by atoms with E-state index < -0.39 is 30.4 Å². The summed E-state index contributed by atoms with van der Waals surface area (Å²) in [6.07, 6.45) is -0.263. The second-order valence-electron chi connectivity index (χ2n) is 7.86. The molecule has 1 atom stereocenters. The molecule has 0 saturated heterocycles. The van der Waals surface area contributed by atoms with Crippen LogP contribution in [0.25, 0.3) is 0 Å². The van der Waals surface area contributed by atoms with E-state index in [-0.39, 0.29) is 17.2 Å². The average Bonchev–Trinajstić information content (AvgIpc) is 2.85. The number of carbonyl (C=O) groups is 3. The van der Waals surface area contributed by atoms with Crippen molar-refractivity contribution in [1.82, 2.24) is 0 Å². The highest BCUT2D eigenvalue weighted by molar-refractivity contribution is 6.35. The van der Waals surface area contributed by atoms with Crippen LogP contribution < -0.4 is 25.0 Å². The Balaban J connectivity index is 1.52. The van der Waals surface area contributed by atoms with Gasteiger partial charge in [0.15, 0.2) is 6.61 Å². The minimum absolute atomic E-state index is 0.248. The van der Waals surface area contributed by atoms with Gasteiger partial charge < -0.3 is 20.1 Å². The summed E-state index contributed by atoms with van der Waals surface area (Å²) >= 11 is 12.1. The first-order valence-corrected chi connectivity index (χ1v) is 11.9. The second kappa shape index (κ2) is 11.3. The van der Waals surface area contributed by atoms with Crippen molar-refractivity contribution in [2.75, 3.05) is 28.7 Å². The highest BCUT2D eigenvalue weighted by Crippen LogP contribution is 2.34. The molecule has 0 radical (unpaired) electrons. The Morgan fingerprint density at radius 1 is 1.03 bits per heavy atom. The molecule has 0 fully saturated rings. The van der Waals surface area contributed by atoms with Crippen LogP contribution in [0.3, 0.4) is 0 Å². The fourth-order valence-corrected chi connectivity index (χ4v) is 4.24. The van der Waals surface area contributed by atoms with Crippen molar-refractivity contribution in [3.63, 3.8) is 0 Å². The van der Waals surface area contributed by atoms with E-state index >= 15 is 0 Å². The molecule has 10 heteroatoms. The Labute approximate surface area is 218 Å². The zero-order valence-electron chi connectivity index (χ0n) is 19.3. The first kappa shape index (κ1) is 25.3. The molecule has 0 aliphatic carbocycles. The van der Waals surface area contributed by atoms with E-state index in [4.69, 9.17) is 32.7 Å². The first-order chi connectivity index (χ1) is 17.4. The fraction of sp³-hybridized carbons (Fsp3) is 0.192. The Kier molecular flexibility index (Phi) is 7.97. The Bertz CT molecular complexity index is 1280. The van der Waals surface area contributed by atoms with Gasteiger partial charge in [0, 0.05) is 10.7 Å². The molecule has 8 nitrogen and oxygen atoms in total. The third-order valence-electron chi connectivity index (χ3n) is 5.38. The van der Waals surface area contributed by atoms with Crippen molar-refractivity contribution in [3.8, 4) is 11.5 Å². The number of fused-ring (bicyclic) bond motifs is 1. The largest absolute Gasteiger partial charge is 0.494 e. The number of para-hydroxylation sites is 2. The molecule has 0 spiro atoms. The number of nitrogens with zero attached hydrogens (tertiary/aromatic N) is 1. The molecule has 3 aromatic carbocycles. The van der Waals surface area contributed by atoms with E-state index in [0.717, 1.165) is 0 Å². The molecule has 1 aliphatic rings. The quantitative estimate of drug-likeness (QED) is 0.422. The predicted octanol–water partition coefficient (Wildman–Crippen LogP) is 5.15. The van der Waals surface area contributed by atoms with Gasteiger partial charge >= 0.3 is 0 Å². The summed E-state index contributed by atoms with van der Waals surface area (Å²) in [7, 11) is 0. The fourth-order valence-electron chi connectivity index (χ4n) is 3.77. The molecule has 0 saturated carbocycles. The van der Waals surface area contributed by atoms with Crippen molar-refractivity contribution >= 4 is 58.0 Å². The van der Waals surface area contributed by atoms with Gasteiger partial charge in [0.25, 0.3) is 5.91 Å². The first-order valence-electron chi connectivity index (χ1n) is 11.2. The third-order valence-corrected chi connectivity index (χ3v) is 5.91. The van der Waals surface area contributed by atoms with E-state index in [1.165, 1.54) is 11.0 Å². The van der Waals surface area contributed by atoms with E-state index in [1.54, 1.807) is 60.7 Å². The van der Waals surface area contributed by atoms with Crippen LogP contribution in [0.15, 0.2) is 66.7 Å². The van der Waals surface area contributed by atoms with Crippen molar-refractivity contribution in [1.29, 1.82) is 0 Å². The number of nitrogens with one attached hydrogen (secondary N) is 2. The monoisotopic (exact) mass is 527 g/mol. The summed E-state index contributed by atoms with van der Waals surface area (Å²) in [6.45, 7) is 2.01. The van der Waals surface area contributed by atoms with Crippen molar-refractivity contribution in [2.24, 2.45) is 0 Å². The second-order valence-corrected chi connectivity index (χ2v) is 8.70. The van der Waals surface area contributed by atoms with Gasteiger partial charge in [-0.25, -0.2) is 0 Å². The van der Waals surface area contributed by atoms with Crippen LogP contribution in [0.1, 0.15) is 13.3 Å². The van der Waals surface area contributed by atoms with Crippen molar-refractivity contribution < 1.29 is 23.9 Å². The molecular formula is C26H23Cl2N3O5. The number of anilines is 3. The molecule has 3 aromatic rings. The molecule has 0 bridgehead atoms. The van der Waals surface area contributed by atoms with Crippen LogP contribution >= 0.6 is 23.2 Å². The maximum Gasteiger partial charge on any atom is 0.265 e. The average molecular weight is 528 g/mol. The SMILES string of the molecule is CCOc1ccc(NC(=O)C[C@@H]2C(=O)Nc3ccccc3N2C(=O)COc2ccc(Cl)cc2Cl)cc1. The molecule has 3 amide bonds. The third kappa shape index (κ3) is 5.90. The van der Waals surface area contributed by atoms with Crippen LogP contribution in [0.4, 0.5) is 17.1 Å². The molecule has 4 rings (SSSR count). The number of amides is 3. The number of hydrogen-bond acceptors (Lipinski definition) is 5. The number of hydrogen-bond donors (Lipinski definition) is 2. The summed E-state index contributed by atoms with van der Waals surface area (Å²) in [5.74, 6) is -0.473. The number of ether oxygens (including phenoxy) is 2. The minimum atomic E-state index is -1.08. The van der Waals surface area contributed by atoms with Gasteiger partial charge in [-0.1, -0.05) is 35.3 Å². The van der Waals surface area contributed by atoms with E-state index in [2.05, 4.69) is 10.6 Å². The zero-order valence-corrected chi connectivity index (χ0v) is 20.8. The van der Waals surface area contributed by atoms with Gasteiger partial charge in [-0.05, 0) is 61.5 Å². The summed E-state index contributed by atoms with van der Waals surface area (Å²) in [6, 6.07) is 17.3. The lowest BCUT2D eigenvalue weighted by Gasteiger charge is -2.36. The van der Waals surface area contributed by atoms with Crippen molar-refractivity contribution in [3.05, 3.63) is 76.8 Å². The predicted molar refractivity (Wildman–Crippen MR) is 139 cm³/mol. The molecule has 0 unspecified atom stereocenters. The van der Waals surface area contributed by atoms with Gasteiger partial charge in [-0.15, -0.1) is 0 Å². The highest BCUT2D eigenvalue weighted by Gasteiger charge is 2.38. The molecular weight excluding hydrogens is 505 g/mol. The zero-order chi connectivity index (χ0) is 25.7. The Hall–Kier alpha value is -3.75. The lowest BCUT2D eigenvalue weighted by Crippen LogP contribution is -2.53. The van der Waals surface area contributed by atoms with Gasteiger partial charge in [-0.3, -0.25) is 19.3 Å². The van der Waals surface area contributed by atoms with Crippen LogP contribution in [0.5, 0.6) is 11.5 Å². The maximum absolute atomic E-state index is 13.3. The van der Waals surface area contributed by atoms with Crippen LogP contribution in [0, 0.1) is 0 Å². The molecule has 0 aromatic heterocycles. The Morgan fingerprint density at radius 2 is 1.78 bits per heavy atom. The molecule has 186 valence electrons. The summed E-state index contributed by atoms with van der Waals surface area (Å²) < 4.78 is 11.0. The Morgan fingerprint density at radius 3 is 2.50 bits per heavy atom. The van der Waals surface area contributed by atoms with Crippen molar-refractivity contribution in [2.45, 2.75) is 19.4 Å². The lowest BCUT2D eigenvalue weighted by atomic mass is 10.0. The molecule has 1 aliphatic heterocycles. The van der Waals surface area contributed by atoms with Gasteiger partial charge in [-0.2, -0.15) is 0 Å². The smallest absolute Gasteiger partial charge is 0.265 e. The highest BCUT2D eigenvalue weighted by atomic mass is 35.5. The van der Waals surface area contributed by atoms with E-state index in [9.17, 15) is 14.4 Å². The van der Waals surface area contributed by atoms with Crippen LogP contribution in [0.2, 0.25) is 10.0 Å². The number of benzene rings is 3. The number of carbonyl (C=O) groups excluding carboxylic acids is 3. The minimum Gasteiger partial charge on any atom is -0.494 e. The molecule has 2 N–H and O–H groups in total. The summed E-state index contributed by atoms with van der Waals surface area (Å²) in [4.78, 5) is 40.4. The maximum atomic E-state index is 13.3. The van der Waals surface area contributed by atoms with E-state index in [1.807, 2.05) is 6.92 Å². The molecule has 36 heavy (non-hydrogen) atoms. The standard InChI is InChI=1S/C26H23Cl2N3O5/c1-2-35-18-10-8-17(9-11-18)29-24(32)14-22-26(34)30-20-5-3-4-6-21(20)31(22)25(33)15-36-23-12-7-16(27)13-19(23)28/h3-13,22H,2,14-15H2,1H3,(H,29,32)(H,30,34)/t22-/m1/s1. The van der Waals surface area contributed by atoms with Gasteiger partial charge in [0.2, 0.25) is 11.8 Å². The number of rotatable bonds is 8. The van der Waals surface area contributed by atoms with Crippen LogP contribution in [-0.2, 0) is 14.4 Å². The van der Waals surface area contributed by atoms with Crippen LogP contribution in [-0.4, -0.2) is 37.0 Å².